The zero-order valence-corrected chi connectivity index (χ0v) is 19.3. The Morgan fingerprint density at radius 1 is 1.03 bits per heavy atom. The lowest BCUT2D eigenvalue weighted by Crippen LogP contribution is -2.10. The van der Waals surface area contributed by atoms with Gasteiger partial charge in [-0.3, -0.25) is 0 Å². The van der Waals surface area contributed by atoms with Crippen LogP contribution in [-0.2, 0) is 4.74 Å². The largest absolute Gasteiger partial charge is 0.461 e. The third-order valence-electron chi connectivity index (χ3n) is 4.38. The first-order valence-electron chi connectivity index (χ1n) is 10.2. The van der Waals surface area contributed by atoms with E-state index in [4.69, 9.17) is 21.3 Å². The molecule has 3 aromatic carbocycles. The number of aliphatic imine (C=N–C) groups is 1. The van der Waals surface area contributed by atoms with Crippen molar-refractivity contribution in [3.05, 3.63) is 95.6 Å². The van der Waals surface area contributed by atoms with Crippen molar-refractivity contribution in [3.63, 3.8) is 0 Å². The van der Waals surface area contributed by atoms with Gasteiger partial charge in [0.2, 0.25) is 5.69 Å². The number of halogens is 1. The molecule has 1 aromatic heterocycles. The van der Waals surface area contributed by atoms with Crippen molar-refractivity contribution in [3.8, 4) is 5.69 Å². The van der Waals surface area contributed by atoms with Crippen LogP contribution in [0.4, 0.5) is 11.5 Å². The molecule has 0 saturated heterocycles. The molecule has 1 heterocycles. The van der Waals surface area contributed by atoms with E-state index in [1.54, 1.807) is 6.92 Å². The summed E-state index contributed by atoms with van der Waals surface area (Å²) in [5, 5.41) is 12.7. The fourth-order valence-electron chi connectivity index (χ4n) is 2.88. The molecule has 166 valence electrons. The molecule has 0 fully saturated rings. The lowest BCUT2D eigenvalue weighted by atomic mass is 10.3. The minimum atomic E-state index is -0.589. The predicted octanol–water partition coefficient (Wildman–Crippen LogP) is 5.99. The molecule has 4 aromatic rings. The van der Waals surface area contributed by atoms with Crippen molar-refractivity contribution in [1.29, 1.82) is 0 Å². The minimum absolute atomic E-state index is 0.0322. The number of aromatic nitrogens is 3. The quantitative estimate of drug-likeness (QED) is 0.159. The first kappa shape index (κ1) is 22.6. The highest BCUT2D eigenvalue weighted by atomic mass is 35.5. The van der Waals surface area contributed by atoms with Crippen LogP contribution in [0.1, 0.15) is 17.4 Å². The summed E-state index contributed by atoms with van der Waals surface area (Å²) < 4.78 is 6.70. The molecule has 0 spiro atoms. The number of nitrogens with one attached hydrogen (secondary N) is 1. The first-order chi connectivity index (χ1) is 16.1. The SMILES string of the molecule is CCOC(=O)c1nnn(-c2ccccc2)c1/N=C(/Nc1ccccc1)Sc1ccc(Cl)cc1. The summed E-state index contributed by atoms with van der Waals surface area (Å²) in [5.74, 6) is -0.325. The fraction of sp³-hybridized carbons (Fsp3) is 0.0833. The second kappa shape index (κ2) is 10.8. The Bertz CT molecular complexity index is 1250. The molecule has 7 nitrogen and oxygen atoms in total. The molecule has 0 saturated carbocycles. The highest BCUT2D eigenvalue weighted by molar-refractivity contribution is 8.14. The number of esters is 1. The van der Waals surface area contributed by atoms with Crippen LogP contribution in [0, 0.1) is 0 Å². The Balaban J connectivity index is 1.81. The summed E-state index contributed by atoms with van der Waals surface area (Å²) >= 11 is 7.43. The zero-order chi connectivity index (χ0) is 23.0. The standard InChI is InChI=1S/C24H20ClN5O2S/c1-2-32-23(31)21-22(30(29-28-21)19-11-7-4-8-12-19)27-24(26-18-9-5-3-6-10-18)33-20-15-13-17(25)14-16-20/h3-16H,2H2,1H3,(H,26,27). The van der Waals surface area contributed by atoms with Crippen LogP contribution in [0.3, 0.4) is 0 Å². The van der Waals surface area contributed by atoms with Crippen LogP contribution in [-0.4, -0.2) is 32.7 Å². The van der Waals surface area contributed by atoms with Crippen LogP contribution in [0.25, 0.3) is 5.69 Å². The highest BCUT2D eigenvalue weighted by Crippen LogP contribution is 2.28. The number of benzene rings is 3. The van der Waals surface area contributed by atoms with Crippen molar-refractivity contribution in [1.82, 2.24) is 15.0 Å². The fourth-order valence-corrected chi connectivity index (χ4v) is 3.81. The van der Waals surface area contributed by atoms with Crippen molar-refractivity contribution in [2.45, 2.75) is 11.8 Å². The number of rotatable bonds is 6. The number of carbonyl (C=O) groups is 1. The highest BCUT2D eigenvalue weighted by Gasteiger charge is 2.22. The Morgan fingerprint density at radius 2 is 1.70 bits per heavy atom. The smallest absolute Gasteiger partial charge is 0.362 e. The number of amidine groups is 1. The lowest BCUT2D eigenvalue weighted by molar-refractivity contribution is 0.0520. The molecule has 0 aliphatic heterocycles. The molecule has 4 rings (SSSR count). The van der Waals surface area contributed by atoms with Gasteiger partial charge < -0.3 is 10.1 Å². The summed E-state index contributed by atoms with van der Waals surface area (Å²) in [4.78, 5) is 18.3. The maximum absolute atomic E-state index is 12.6. The number of thioether (sulfide) groups is 1. The zero-order valence-electron chi connectivity index (χ0n) is 17.7. The van der Waals surface area contributed by atoms with Gasteiger partial charge in [0.15, 0.2) is 11.0 Å². The summed E-state index contributed by atoms with van der Waals surface area (Å²) in [6.45, 7) is 1.95. The number of hydrogen-bond acceptors (Lipinski definition) is 6. The van der Waals surface area contributed by atoms with E-state index in [0.717, 1.165) is 16.3 Å². The van der Waals surface area contributed by atoms with E-state index in [9.17, 15) is 4.79 Å². The van der Waals surface area contributed by atoms with Gasteiger partial charge in [-0.2, -0.15) is 4.68 Å². The Kier molecular flexibility index (Phi) is 7.39. The van der Waals surface area contributed by atoms with Gasteiger partial charge in [0.25, 0.3) is 0 Å². The van der Waals surface area contributed by atoms with Crippen LogP contribution < -0.4 is 5.32 Å². The van der Waals surface area contributed by atoms with Crippen molar-refractivity contribution in [2.75, 3.05) is 11.9 Å². The maximum atomic E-state index is 12.6. The van der Waals surface area contributed by atoms with E-state index in [1.807, 2.05) is 84.9 Å². The number of anilines is 1. The number of carbonyl (C=O) groups excluding carboxylic acids is 1. The normalized spacial score (nSPS) is 11.3. The van der Waals surface area contributed by atoms with Crippen LogP contribution in [0.15, 0.2) is 94.8 Å². The number of hydrogen-bond donors (Lipinski definition) is 1. The average molecular weight is 478 g/mol. The van der Waals surface area contributed by atoms with Gasteiger partial charge >= 0.3 is 5.97 Å². The van der Waals surface area contributed by atoms with Crippen molar-refractivity contribution >= 4 is 46.0 Å². The van der Waals surface area contributed by atoms with Crippen molar-refractivity contribution < 1.29 is 9.53 Å². The van der Waals surface area contributed by atoms with E-state index in [2.05, 4.69) is 15.6 Å². The molecule has 1 N–H and O–H groups in total. The molecule has 0 unspecified atom stereocenters. The van der Waals surface area contributed by atoms with E-state index in [0.29, 0.717) is 10.2 Å². The molecule has 0 bridgehead atoms. The Labute approximate surface area is 200 Å². The molecule has 0 amide bonds. The van der Waals surface area contributed by atoms with Gasteiger partial charge in [0, 0.05) is 15.6 Å². The van der Waals surface area contributed by atoms with E-state index >= 15 is 0 Å². The Hall–Kier alpha value is -3.62. The Morgan fingerprint density at radius 3 is 2.36 bits per heavy atom. The van der Waals surface area contributed by atoms with E-state index in [-0.39, 0.29) is 18.1 Å². The average Bonchev–Trinajstić information content (AvgIpc) is 3.25. The van der Waals surface area contributed by atoms with Gasteiger partial charge in [-0.05, 0) is 55.5 Å². The molecule has 0 aliphatic rings. The van der Waals surface area contributed by atoms with Gasteiger partial charge in [0.1, 0.15) is 0 Å². The van der Waals surface area contributed by atoms with Gasteiger partial charge in [-0.15, -0.1) is 5.10 Å². The molecule has 9 heteroatoms. The lowest BCUT2D eigenvalue weighted by Gasteiger charge is -2.11. The second-order valence-corrected chi connectivity index (χ2v) is 8.19. The summed E-state index contributed by atoms with van der Waals surface area (Å²) in [6.07, 6.45) is 0. The summed E-state index contributed by atoms with van der Waals surface area (Å²) in [5.41, 5.74) is 1.59. The predicted molar refractivity (Wildman–Crippen MR) is 132 cm³/mol. The third-order valence-corrected chi connectivity index (χ3v) is 5.52. The molecular formula is C24H20ClN5O2S. The monoisotopic (exact) mass is 477 g/mol. The number of ether oxygens (including phenoxy) is 1. The van der Waals surface area contributed by atoms with E-state index < -0.39 is 5.97 Å². The van der Waals surface area contributed by atoms with Gasteiger partial charge in [-0.1, -0.05) is 65.0 Å². The number of nitrogens with zero attached hydrogens (tertiary/aromatic N) is 4. The van der Waals surface area contributed by atoms with Crippen molar-refractivity contribution in [2.24, 2.45) is 4.99 Å². The second-order valence-electron chi connectivity index (χ2n) is 6.69. The van der Waals surface area contributed by atoms with Crippen LogP contribution >= 0.6 is 23.4 Å². The van der Waals surface area contributed by atoms with Gasteiger partial charge in [0.05, 0.1) is 12.3 Å². The summed E-state index contributed by atoms with van der Waals surface area (Å²) in [7, 11) is 0. The molecule has 0 aliphatic carbocycles. The third kappa shape index (κ3) is 5.79. The number of para-hydroxylation sites is 2. The molecular weight excluding hydrogens is 458 g/mol. The van der Waals surface area contributed by atoms with E-state index in [1.165, 1.54) is 16.4 Å². The van der Waals surface area contributed by atoms with Crippen LogP contribution in [0.5, 0.6) is 0 Å². The molecule has 33 heavy (non-hydrogen) atoms. The topological polar surface area (TPSA) is 81.4 Å². The molecule has 0 radical (unpaired) electrons. The summed E-state index contributed by atoms with van der Waals surface area (Å²) in [6, 6.07) is 26.4. The maximum Gasteiger partial charge on any atom is 0.362 e. The minimum Gasteiger partial charge on any atom is -0.461 e. The first-order valence-corrected chi connectivity index (χ1v) is 11.4. The van der Waals surface area contributed by atoms with Crippen LogP contribution in [0.2, 0.25) is 5.02 Å². The van der Waals surface area contributed by atoms with Gasteiger partial charge in [-0.25, -0.2) is 9.79 Å². The molecule has 0 atom stereocenters.